The molecule has 0 spiro atoms. The maximum absolute atomic E-state index is 11.9. The van der Waals surface area contributed by atoms with Gasteiger partial charge < -0.3 is 11.1 Å². The van der Waals surface area contributed by atoms with Crippen molar-refractivity contribution in [3.05, 3.63) is 54.1 Å². The van der Waals surface area contributed by atoms with E-state index >= 15 is 0 Å². The lowest BCUT2D eigenvalue weighted by atomic mass is 10.1. The molecule has 3 N–H and O–H groups in total. The summed E-state index contributed by atoms with van der Waals surface area (Å²) in [5.74, 6) is 0.0266. The van der Waals surface area contributed by atoms with Crippen molar-refractivity contribution in [2.45, 2.75) is 17.7 Å². The molecule has 20 heavy (non-hydrogen) atoms. The number of nitrogen functional groups attached to an aromatic ring is 1. The molecule has 0 bridgehead atoms. The first-order chi connectivity index (χ1) is 9.67. The molecule has 2 aromatic rings. The minimum absolute atomic E-state index is 0.0266. The summed E-state index contributed by atoms with van der Waals surface area (Å²) in [6, 6.07) is 15.5. The average molecular weight is 286 g/mol. The van der Waals surface area contributed by atoms with Gasteiger partial charge in [0.25, 0.3) is 0 Å². The van der Waals surface area contributed by atoms with E-state index in [0.717, 1.165) is 23.4 Å². The molecular formula is C16H18N2OS. The summed E-state index contributed by atoms with van der Waals surface area (Å²) >= 11 is 1.68. The summed E-state index contributed by atoms with van der Waals surface area (Å²) in [5.41, 5.74) is 8.33. The number of carbonyl (C=O) groups excluding carboxylic acids is 1. The van der Waals surface area contributed by atoms with Crippen LogP contribution in [0.3, 0.4) is 0 Å². The van der Waals surface area contributed by atoms with Crippen LogP contribution in [0, 0.1) is 0 Å². The largest absolute Gasteiger partial charge is 0.399 e. The molecule has 0 saturated carbocycles. The smallest absolute Gasteiger partial charge is 0.224 e. The van der Waals surface area contributed by atoms with E-state index in [1.165, 1.54) is 4.90 Å². The van der Waals surface area contributed by atoms with E-state index < -0.39 is 0 Å². The molecule has 0 heterocycles. The van der Waals surface area contributed by atoms with Crippen molar-refractivity contribution in [3.63, 3.8) is 0 Å². The fourth-order valence-electron chi connectivity index (χ4n) is 1.84. The van der Waals surface area contributed by atoms with Crippen LogP contribution in [0.4, 0.5) is 11.4 Å². The van der Waals surface area contributed by atoms with Gasteiger partial charge in [-0.15, -0.1) is 11.8 Å². The quantitative estimate of drug-likeness (QED) is 0.652. The molecule has 0 aliphatic heterocycles. The molecule has 2 aromatic carbocycles. The second-order valence-electron chi connectivity index (χ2n) is 4.52. The maximum atomic E-state index is 11.9. The van der Waals surface area contributed by atoms with Crippen molar-refractivity contribution in [2.75, 3.05) is 17.3 Å². The third kappa shape index (κ3) is 4.31. The number of nitrogens with one attached hydrogen (secondary N) is 1. The normalized spacial score (nSPS) is 10.2. The van der Waals surface area contributed by atoms with Gasteiger partial charge in [-0.25, -0.2) is 0 Å². The molecule has 0 saturated heterocycles. The molecule has 0 aliphatic carbocycles. The van der Waals surface area contributed by atoms with Crippen molar-refractivity contribution in [1.82, 2.24) is 0 Å². The molecule has 0 aromatic heterocycles. The first-order valence-corrected chi connectivity index (χ1v) is 7.68. The van der Waals surface area contributed by atoms with Gasteiger partial charge in [0.1, 0.15) is 0 Å². The van der Waals surface area contributed by atoms with Crippen LogP contribution in [0.2, 0.25) is 0 Å². The number of thioether (sulfide) groups is 1. The standard InChI is InChI=1S/C16H18N2OS/c1-20-15-9-7-14(8-10-15)18-16(19)11-4-12-2-5-13(17)6-3-12/h2-3,5-10H,4,11,17H2,1H3,(H,18,19). The zero-order valence-electron chi connectivity index (χ0n) is 11.4. The summed E-state index contributed by atoms with van der Waals surface area (Å²) in [4.78, 5) is 13.1. The van der Waals surface area contributed by atoms with Crippen LogP contribution in [0.15, 0.2) is 53.4 Å². The van der Waals surface area contributed by atoms with Gasteiger partial charge in [-0.2, -0.15) is 0 Å². The molecule has 0 radical (unpaired) electrons. The first-order valence-electron chi connectivity index (χ1n) is 6.46. The van der Waals surface area contributed by atoms with Gasteiger partial charge in [0, 0.05) is 22.7 Å². The van der Waals surface area contributed by atoms with E-state index in [2.05, 4.69) is 5.32 Å². The number of hydrogen-bond donors (Lipinski definition) is 2. The highest BCUT2D eigenvalue weighted by atomic mass is 32.2. The lowest BCUT2D eigenvalue weighted by Crippen LogP contribution is -2.12. The van der Waals surface area contributed by atoms with Gasteiger partial charge >= 0.3 is 0 Å². The van der Waals surface area contributed by atoms with E-state index in [-0.39, 0.29) is 5.91 Å². The Hall–Kier alpha value is -1.94. The number of carbonyl (C=O) groups is 1. The van der Waals surface area contributed by atoms with E-state index in [1.54, 1.807) is 11.8 Å². The predicted molar refractivity (Wildman–Crippen MR) is 86.0 cm³/mol. The molecule has 104 valence electrons. The first kappa shape index (κ1) is 14.5. The van der Waals surface area contributed by atoms with Gasteiger partial charge in [-0.3, -0.25) is 4.79 Å². The molecule has 0 atom stereocenters. The number of aryl methyl sites for hydroxylation is 1. The highest BCUT2D eigenvalue weighted by molar-refractivity contribution is 7.98. The summed E-state index contributed by atoms with van der Waals surface area (Å²) in [6.07, 6.45) is 3.21. The van der Waals surface area contributed by atoms with Crippen LogP contribution >= 0.6 is 11.8 Å². The number of nitrogens with two attached hydrogens (primary N) is 1. The zero-order valence-corrected chi connectivity index (χ0v) is 12.2. The second kappa shape index (κ2) is 7.01. The lowest BCUT2D eigenvalue weighted by molar-refractivity contribution is -0.116. The third-order valence-electron chi connectivity index (χ3n) is 2.99. The Kier molecular flexibility index (Phi) is 5.07. The molecular weight excluding hydrogens is 268 g/mol. The van der Waals surface area contributed by atoms with Crippen LogP contribution < -0.4 is 11.1 Å². The Morgan fingerprint density at radius 3 is 2.35 bits per heavy atom. The van der Waals surface area contributed by atoms with Crippen LogP contribution in [-0.2, 0) is 11.2 Å². The van der Waals surface area contributed by atoms with E-state index in [0.29, 0.717) is 6.42 Å². The highest BCUT2D eigenvalue weighted by Crippen LogP contribution is 2.17. The molecule has 3 nitrogen and oxygen atoms in total. The SMILES string of the molecule is CSc1ccc(NC(=O)CCc2ccc(N)cc2)cc1. The van der Waals surface area contributed by atoms with Crippen LogP contribution in [-0.4, -0.2) is 12.2 Å². The van der Waals surface area contributed by atoms with Crippen LogP contribution in [0.25, 0.3) is 0 Å². The fourth-order valence-corrected chi connectivity index (χ4v) is 2.25. The number of benzene rings is 2. The van der Waals surface area contributed by atoms with Crippen molar-refractivity contribution >= 4 is 29.0 Å². The summed E-state index contributed by atoms with van der Waals surface area (Å²) in [6.45, 7) is 0. The molecule has 1 amide bonds. The van der Waals surface area contributed by atoms with Crippen LogP contribution in [0.5, 0.6) is 0 Å². The topological polar surface area (TPSA) is 55.1 Å². The monoisotopic (exact) mass is 286 g/mol. The van der Waals surface area contributed by atoms with E-state index in [1.807, 2.05) is 54.8 Å². The van der Waals surface area contributed by atoms with Crippen molar-refractivity contribution < 1.29 is 4.79 Å². The Bertz CT molecular complexity index is 564. The second-order valence-corrected chi connectivity index (χ2v) is 5.40. The van der Waals surface area contributed by atoms with Gasteiger partial charge in [0.2, 0.25) is 5.91 Å². The van der Waals surface area contributed by atoms with Gasteiger partial charge in [-0.05, 0) is 54.6 Å². The maximum Gasteiger partial charge on any atom is 0.224 e. The Morgan fingerprint density at radius 1 is 1.10 bits per heavy atom. The lowest BCUT2D eigenvalue weighted by Gasteiger charge is -2.06. The van der Waals surface area contributed by atoms with Gasteiger partial charge in [0.05, 0.1) is 0 Å². The van der Waals surface area contributed by atoms with E-state index in [4.69, 9.17) is 5.73 Å². The molecule has 2 rings (SSSR count). The van der Waals surface area contributed by atoms with Crippen molar-refractivity contribution in [2.24, 2.45) is 0 Å². The Balaban J connectivity index is 1.84. The number of amides is 1. The van der Waals surface area contributed by atoms with E-state index in [9.17, 15) is 4.79 Å². The van der Waals surface area contributed by atoms with Crippen molar-refractivity contribution in [3.8, 4) is 0 Å². The number of anilines is 2. The molecule has 0 unspecified atom stereocenters. The number of hydrogen-bond acceptors (Lipinski definition) is 3. The average Bonchev–Trinajstić information content (AvgIpc) is 2.47. The Morgan fingerprint density at radius 2 is 1.75 bits per heavy atom. The molecule has 4 heteroatoms. The van der Waals surface area contributed by atoms with Crippen molar-refractivity contribution in [1.29, 1.82) is 0 Å². The minimum atomic E-state index is 0.0266. The van der Waals surface area contributed by atoms with Gasteiger partial charge in [0.15, 0.2) is 0 Å². The third-order valence-corrected chi connectivity index (χ3v) is 3.74. The van der Waals surface area contributed by atoms with Crippen LogP contribution in [0.1, 0.15) is 12.0 Å². The summed E-state index contributed by atoms with van der Waals surface area (Å²) in [5, 5.41) is 2.90. The zero-order chi connectivity index (χ0) is 14.4. The minimum Gasteiger partial charge on any atom is -0.399 e. The molecule has 0 aliphatic rings. The molecule has 0 fully saturated rings. The predicted octanol–water partition coefficient (Wildman–Crippen LogP) is 3.56. The Labute approximate surface area is 123 Å². The number of rotatable bonds is 5. The highest BCUT2D eigenvalue weighted by Gasteiger charge is 2.03. The summed E-state index contributed by atoms with van der Waals surface area (Å²) in [7, 11) is 0. The van der Waals surface area contributed by atoms with Gasteiger partial charge in [-0.1, -0.05) is 12.1 Å². The summed E-state index contributed by atoms with van der Waals surface area (Å²) < 4.78 is 0. The fraction of sp³-hybridized carbons (Fsp3) is 0.188.